The molecule has 0 aromatic heterocycles. The highest BCUT2D eigenvalue weighted by Gasteiger charge is 2.32. The average Bonchev–Trinajstić information content (AvgIpc) is 1.94. The van der Waals surface area contributed by atoms with Gasteiger partial charge in [-0.1, -0.05) is 0 Å². The fraction of sp³-hybridized carbons (Fsp3) is 1.00. The van der Waals surface area contributed by atoms with Gasteiger partial charge in [0, 0.05) is 0 Å². The van der Waals surface area contributed by atoms with E-state index in [-0.39, 0.29) is 0 Å². The van der Waals surface area contributed by atoms with Crippen LogP contribution in [-0.2, 0) is 0 Å². The molecule has 1 saturated heterocycles. The van der Waals surface area contributed by atoms with Gasteiger partial charge in [0.25, 0.3) is 0 Å². The second-order valence-corrected chi connectivity index (χ2v) is 3.98. The molecule has 1 heterocycles. The van der Waals surface area contributed by atoms with Crippen LogP contribution in [-0.4, -0.2) is 25.0 Å². The molecule has 2 atom stereocenters. The van der Waals surface area contributed by atoms with Crippen LogP contribution < -0.4 is 0 Å². The third-order valence-electron chi connectivity index (χ3n) is 3.34. The minimum atomic E-state index is 1.12. The van der Waals surface area contributed by atoms with Gasteiger partial charge in [0.2, 0.25) is 0 Å². The van der Waals surface area contributed by atoms with Gasteiger partial charge in [0.1, 0.15) is 0 Å². The van der Waals surface area contributed by atoms with Crippen LogP contribution in [0.25, 0.3) is 0 Å². The van der Waals surface area contributed by atoms with E-state index in [1.165, 1.54) is 38.8 Å². The predicted molar refractivity (Wildman–Crippen MR) is 42.9 cm³/mol. The number of rotatable bonds is 0. The monoisotopic (exact) mass is 139 g/mol. The van der Waals surface area contributed by atoms with Gasteiger partial charge >= 0.3 is 0 Å². The van der Waals surface area contributed by atoms with Gasteiger partial charge in [-0.15, -0.1) is 0 Å². The molecule has 2 unspecified atom stereocenters. The average molecular weight is 139 g/mol. The molecule has 58 valence electrons. The second kappa shape index (κ2) is 2.54. The van der Waals surface area contributed by atoms with Crippen LogP contribution in [0.3, 0.4) is 0 Å². The van der Waals surface area contributed by atoms with E-state index < -0.39 is 0 Å². The highest BCUT2D eigenvalue weighted by atomic mass is 15.1. The summed E-state index contributed by atoms with van der Waals surface area (Å²) >= 11 is 0. The van der Waals surface area contributed by atoms with Crippen molar-refractivity contribution in [2.75, 3.05) is 20.1 Å². The van der Waals surface area contributed by atoms with Crippen LogP contribution in [0.1, 0.15) is 25.7 Å². The maximum Gasteiger partial charge on any atom is -0.00190 e. The van der Waals surface area contributed by atoms with Gasteiger partial charge in [0.15, 0.2) is 0 Å². The molecule has 0 N–H and O–H groups in total. The van der Waals surface area contributed by atoms with E-state index in [2.05, 4.69) is 11.9 Å². The molecule has 0 spiro atoms. The van der Waals surface area contributed by atoms with Gasteiger partial charge in [-0.2, -0.15) is 0 Å². The summed E-state index contributed by atoms with van der Waals surface area (Å²) in [5.41, 5.74) is 0. The third kappa shape index (κ3) is 1.07. The lowest BCUT2D eigenvalue weighted by Gasteiger charge is -2.34. The van der Waals surface area contributed by atoms with Crippen molar-refractivity contribution in [2.45, 2.75) is 25.7 Å². The topological polar surface area (TPSA) is 3.24 Å². The Morgan fingerprint density at radius 1 is 0.900 bits per heavy atom. The highest BCUT2D eigenvalue weighted by molar-refractivity contribution is 4.84. The summed E-state index contributed by atoms with van der Waals surface area (Å²) in [6, 6.07) is 0. The standard InChI is InChI=1S/C9H17N/c1-10-6-4-8-2-3-9(8)5-7-10/h8-9H,2-7H2,1H3. The van der Waals surface area contributed by atoms with Crippen molar-refractivity contribution >= 4 is 0 Å². The fourth-order valence-corrected chi connectivity index (χ4v) is 2.28. The lowest BCUT2D eigenvalue weighted by atomic mass is 9.71. The molecule has 1 nitrogen and oxygen atoms in total. The molecule has 0 aromatic carbocycles. The Morgan fingerprint density at radius 2 is 1.40 bits per heavy atom. The van der Waals surface area contributed by atoms with Crippen LogP contribution >= 0.6 is 0 Å². The van der Waals surface area contributed by atoms with Crippen LogP contribution in [0.2, 0.25) is 0 Å². The highest BCUT2D eigenvalue weighted by Crippen LogP contribution is 2.40. The third-order valence-corrected chi connectivity index (χ3v) is 3.34. The van der Waals surface area contributed by atoms with Crippen molar-refractivity contribution < 1.29 is 0 Å². The first kappa shape index (κ1) is 6.66. The number of nitrogens with zero attached hydrogens (tertiary/aromatic N) is 1. The summed E-state index contributed by atoms with van der Waals surface area (Å²) in [5.74, 6) is 2.23. The Bertz CT molecular complexity index is 108. The minimum Gasteiger partial charge on any atom is -0.306 e. The molecule has 0 amide bonds. The van der Waals surface area contributed by atoms with Gasteiger partial charge in [-0.3, -0.25) is 0 Å². The number of fused-ring (bicyclic) bond motifs is 1. The number of likely N-dealkylation sites (tertiary alicyclic amines) is 1. The van der Waals surface area contributed by atoms with Crippen molar-refractivity contribution in [2.24, 2.45) is 11.8 Å². The largest absolute Gasteiger partial charge is 0.306 e. The summed E-state index contributed by atoms with van der Waals surface area (Å²) in [6.45, 7) is 2.70. The lowest BCUT2D eigenvalue weighted by molar-refractivity contribution is 0.171. The van der Waals surface area contributed by atoms with Crippen molar-refractivity contribution in [1.29, 1.82) is 0 Å². The summed E-state index contributed by atoms with van der Waals surface area (Å²) in [4.78, 5) is 2.48. The first-order chi connectivity index (χ1) is 4.86. The molecule has 2 aliphatic rings. The zero-order chi connectivity index (χ0) is 6.97. The van der Waals surface area contributed by atoms with E-state index in [0.717, 1.165) is 11.8 Å². The zero-order valence-corrected chi connectivity index (χ0v) is 6.84. The van der Waals surface area contributed by atoms with Crippen molar-refractivity contribution in [1.82, 2.24) is 4.90 Å². The maximum absolute atomic E-state index is 2.48. The molecular weight excluding hydrogens is 122 g/mol. The van der Waals surface area contributed by atoms with Crippen LogP contribution in [0.5, 0.6) is 0 Å². The van der Waals surface area contributed by atoms with Gasteiger partial charge in [-0.05, 0) is 57.7 Å². The maximum atomic E-state index is 2.48. The van der Waals surface area contributed by atoms with Crippen molar-refractivity contribution in [3.63, 3.8) is 0 Å². The molecular formula is C9H17N. The van der Waals surface area contributed by atoms with Crippen LogP contribution in [0.15, 0.2) is 0 Å². The van der Waals surface area contributed by atoms with E-state index in [1.54, 1.807) is 0 Å². The van der Waals surface area contributed by atoms with Crippen molar-refractivity contribution in [3.8, 4) is 0 Å². The molecule has 0 bridgehead atoms. The van der Waals surface area contributed by atoms with Crippen LogP contribution in [0, 0.1) is 11.8 Å². The zero-order valence-electron chi connectivity index (χ0n) is 6.84. The molecule has 2 fully saturated rings. The Kier molecular flexibility index (Phi) is 1.69. The Morgan fingerprint density at radius 3 is 1.80 bits per heavy atom. The van der Waals surface area contributed by atoms with Gasteiger partial charge < -0.3 is 4.90 Å². The predicted octanol–water partition coefficient (Wildman–Crippen LogP) is 1.74. The van der Waals surface area contributed by atoms with Gasteiger partial charge in [0.05, 0.1) is 0 Å². The summed E-state index contributed by atoms with van der Waals surface area (Å²) in [6.07, 6.45) is 6.00. The van der Waals surface area contributed by atoms with E-state index in [4.69, 9.17) is 0 Å². The molecule has 2 rings (SSSR count). The minimum absolute atomic E-state index is 1.12. The molecule has 10 heavy (non-hydrogen) atoms. The van der Waals surface area contributed by atoms with Crippen LogP contribution in [0.4, 0.5) is 0 Å². The Labute approximate surface area is 63.4 Å². The first-order valence-corrected chi connectivity index (χ1v) is 4.55. The normalized spacial score (nSPS) is 41.7. The van der Waals surface area contributed by atoms with E-state index in [0.29, 0.717) is 0 Å². The quantitative estimate of drug-likeness (QED) is 0.494. The fourth-order valence-electron chi connectivity index (χ4n) is 2.28. The van der Waals surface area contributed by atoms with Gasteiger partial charge in [-0.25, -0.2) is 0 Å². The summed E-state index contributed by atoms with van der Waals surface area (Å²) in [5, 5.41) is 0. The molecule has 1 aliphatic heterocycles. The smallest absolute Gasteiger partial charge is 0.00190 e. The lowest BCUT2D eigenvalue weighted by Crippen LogP contribution is -2.24. The Hall–Kier alpha value is -0.0400. The summed E-state index contributed by atoms with van der Waals surface area (Å²) < 4.78 is 0. The SMILES string of the molecule is CN1CCC2CCC2CC1. The van der Waals surface area contributed by atoms with E-state index in [9.17, 15) is 0 Å². The molecule has 1 aliphatic carbocycles. The van der Waals surface area contributed by atoms with E-state index in [1.807, 2.05) is 0 Å². The summed E-state index contributed by atoms with van der Waals surface area (Å²) in [7, 11) is 2.25. The van der Waals surface area contributed by atoms with E-state index >= 15 is 0 Å². The molecule has 0 radical (unpaired) electrons. The molecule has 0 aromatic rings. The Balaban J connectivity index is 1.91. The molecule has 1 heteroatoms. The first-order valence-electron chi connectivity index (χ1n) is 4.55. The van der Waals surface area contributed by atoms with Crippen molar-refractivity contribution in [3.05, 3.63) is 0 Å². The number of hydrogen-bond donors (Lipinski definition) is 0. The second-order valence-electron chi connectivity index (χ2n) is 3.98. The number of hydrogen-bond acceptors (Lipinski definition) is 1. The molecule has 1 saturated carbocycles.